The van der Waals surface area contributed by atoms with Crippen LogP contribution in [0.5, 0.6) is 0 Å². The summed E-state index contributed by atoms with van der Waals surface area (Å²) >= 11 is -2.36. The van der Waals surface area contributed by atoms with Gasteiger partial charge in [0.25, 0.3) is 0 Å². The quantitative estimate of drug-likeness (QED) is 0.222. The maximum absolute atomic E-state index is 4.85. The summed E-state index contributed by atoms with van der Waals surface area (Å²) in [5, 5.41) is 0. The van der Waals surface area contributed by atoms with Gasteiger partial charge in [0, 0.05) is 0 Å². The predicted molar refractivity (Wildman–Crippen MR) is 141 cm³/mol. The fourth-order valence-corrected chi connectivity index (χ4v) is 14.3. The van der Waals surface area contributed by atoms with Crippen LogP contribution in [0, 0.1) is 0 Å². The van der Waals surface area contributed by atoms with Crippen LogP contribution in [-0.4, -0.2) is 26.7 Å². The molecule has 4 aromatic carbocycles. The Balaban J connectivity index is 1.38. The van der Waals surface area contributed by atoms with Crippen molar-refractivity contribution in [1.29, 1.82) is 0 Å². The molecule has 5 aromatic rings. The van der Waals surface area contributed by atoms with Gasteiger partial charge < -0.3 is 0 Å². The molecular weight excluding hydrogens is 595 g/mol. The second-order valence-electron chi connectivity index (χ2n) is 8.13. The van der Waals surface area contributed by atoms with Gasteiger partial charge in [-0.2, -0.15) is 0 Å². The third-order valence-corrected chi connectivity index (χ3v) is 16.0. The molecule has 0 bridgehead atoms. The first kappa shape index (κ1) is 20.3. The minimum absolute atomic E-state index is 1.12. The van der Waals surface area contributed by atoms with Gasteiger partial charge >= 0.3 is 204 Å². The number of hydrogen-bond acceptors (Lipinski definition) is 1. The summed E-state index contributed by atoms with van der Waals surface area (Å²) in [5.41, 5.74) is 7.41. The molecule has 156 valence electrons. The Morgan fingerprint density at radius 2 is 1.12 bits per heavy atom. The van der Waals surface area contributed by atoms with Crippen molar-refractivity contribution in [2.24, 2.45) is 0 Å². The first-order valence-electron chi connectivity index (χ1n) is 11.1. The molecule has 0 aliphatic carbocycles. The number of pyridine rings is 1. The molecule has 0 N–H and O–H groups in total. The Bertz CT molecular complexity index is 1440. The molecule has 0 amide bonds. The van der Waals surface area contributed by atoms with Crippen LogP contribution >= 0.6 is 0 Å². The minimum atomic E-state index is -2.36. The number of aromatic nitrogens is 1. The summed E-state index contributed by atoms with van der Waals surface area (Å²) in [4.78, 5) is 4.85. The number of rotatable bonds is 4. The van der Waals surface area contributed by atoms with Gasteiger partial charge in [-0.05, 0) is 0 Å². The molecule has 1 aliphatic rings. The zero-order valence-electron chi connectivity index (χ0n) is 18.1. The molecule has 1 nitrogen and oxygen atoms in total. The van der Waals surface area contributed by atoms with Crippen molar-refractivity contribution in [1.82, 2.24) is 4.98 Å². The third-order valence-electron chi connectivity index (χ3n) is 6.07. The average molecular weight is 618 g/mol. The van der Waals surface area contributed by atoms with E-state index in [2.05, 4.69) is 127 Å². The van der Waals surface area contributed by atoms with Crippen LogP contribution in [0.1, 0.15) is 11.3 Å². The van der Waals surface area contributed by atoms with Crippen LogP contribution in [0.25, 0.3) is 31.6 Å². The van der Waals surface area contributed by atoms with Crippen LogP contribution in [0.15, 0.2) is 128 Å². The standard InChI is InChI=1S/C25H17N.C6H5.Bi/c1-3-7-20(8-4-1)11-16-25-19-24(17-18-26-25)23-14-12-22(13-15-23)21-9-5-2-6-10-21;1-2-4-6-5-3-1;/h1-7,9-15,17-19H;1-5H;. The molecule has 1 aliphatic heterocycles. The molecule has 0 saturated carbocycles. The Morgan fingerprint density at radius 1 is 0.515 bits per heavy atom. The van der Waals surface area contributed by atoms with Crippen LogP contribution in [0.3, 0.4) is 0 Å². The summed E-state index contributed by atoms with van der Waals surface area (Å²) in [6, 6.07) is 43.7. The zero-order valence-corrected chi connectivity index (χ0v) is 21.6. The summed E-state index contributed by atoms with van der Waals surface area (Å²) in [7, 11) is 0. The number of hydrogen-bond donors (Lipinski definition) is 0. The molecular formula is C31H22BiN. The van der Waals surface area contributed by atoms with Crippen LogP contribution in [-0.2, 0) is 0 Å². The Kier molecular flexibility index (Phi) is 5.46. The Hall–Kier alpha value is -3.35. The van der Waals surface area contributed by atoms with E-state index in [1.807, 2.05) is 6.20 Å². The van der Waals surface area contributed by atoms with E-state index in [0.29, 0.717) is 0 Å². The van der Waals surface area contributed by atoms with Crippen molar-refractivity contribution in [2.75, 3.05) is 0 Å². The van der Waals surface area contributed by atoms with Gasteiger partial charge in [0.1, 0.15) is 0 Å². The van der Waals surface area contributed by atoms with Crippen LogP contribution < -0.4 is 6.54 Å². The van der Waals surface area contributed by atoms with Gasteiger partial charge in [-0.1, -0.05) is 0 Å². The molecule has 0 saturated heterocycles. The zero-order chi connectivity index (χ0) is 22.0. The summed E-state index contributed by atoms with van der Waals surface area (Å²) < 4.78 is 4.51. The molecule has 2 heteroatoms. The van der Waals surface area contributed by atoms with Gasteiger partial charge in [-0.3, -0.25) is 0 Å². The maximum atomic E-state index is 4.85. The first-order chi connectivity index (χ1) is 16.4. The van der Waals surface area contributed by atoms with Crippen LogP contribution in [0.2, 0.25) is 0 Å². The molecule has 0 radical (unpaired) electrons. The van der Waals surface area contributed by atoms with Crippen molar-refractivity contribution < 1.29 is 0 Å². The van der Waals surface area contributed by atoms with E-state index in [1.165, 1.54) is 34.4 Å². The summed E-state index contributed by atoms with van der Waals surface area (Å²) in [6.45, 7) is 0. The molecule has 0 atom stereocenters. The Morgan fingerprint density at radius 3 is 1.88 bits per heavy atom. The molecule has 6 rings (SSSR count). The second-order valence-corrected chi connectivity index (χ2v) is 16.5. The number of benzene rings is 4. The number of nitrogens with zero attached hydrogens (tertiary/aromatic N) is 1. The van der Waals surface area contributed by atoms with Gasteiger partial charge in [-0.15, -0.1) is 0 Å². The van der Waals surface area contributed by atoms with Gasteiger partial charge in [0.15, 0.2) is 0 Å². The van der Waals surface area contributed by atoms with Crippen molar-refractivity contribution in [3.05, 3.63) is 139 Å². The normalized spacial score (nSPS) is 12.9. The molecule has 0 fully saturated rings. The van der Waals surface area contributed by atoms with Crippen LogP contribution in [0.4, 0.5) is 0 Å². The van der Waals surface area contributed by atoms with Gasteiger partial charge in [0.05, 0.1) is 0 Å². The Labute approximate surface area is 202 Å². The SMILES string of the molecule is C1=[C](c2cc(-c3ccc(-c4ccccc4)cc3)ccn2)[Bi]([c]2ccccc2)[c]2ccccc21. The number of fused-ring (bicyclic) bond motifs is 1. The summed E-state index contributed by atoms with van der Waals surface area (Å²) in [6.07, 6.45) is 4.36. The second kappa shape index (κ2) is 8.89. The monoisotopic (exact) mass is 617 g/mol. The van der Waals surface area contributed by atoms with Gasteiger partial charge in [-0.25, -0.2) is 0 Å². The van der Waals surface area contributed by atoms with Crippen molar-refractivity contribution in [2.45, 2.75) is 0 Å². The fraction of sp³-hybridized carbons (Fsp3) is 0. The summed E-state index contributed by atoms with van der Waals surface area (Å²) in [5.74, 6) is 0. The molecule has 0 unspecified atom stereocenters. The molecule has 2 heterocycles. The van der Waals surface area contributed by atoms with E-state index in [4.69, 9.17) is 4.98 Å². The van der Waals surface area contributed by atoms with E-state index >= 15 is 0 Å². The topological polar surface area (TPSA) is 12.9 Å². The van der Waals surface area contributed by atoms with Crippen molar-refractivity contribution >= 4 is 37.7 Å². The van der Waals surface area contributed by atoms with E-state index in [-0.39, 0.29) is 0 Å². The van der Waals surface area contributed by atoms with Gasteiger partial charge in [0.2, 0.25) is 0 Å². The molecule has 33 heavy (non-hydrogen) atoms. The third kappa shape index (κ3) is 3.96. The van der Waals surface area contributed by atoms with Crippen molar-refractivity contribution in [3.63, 3.8) is 0 Å². The van der Waals surface area contributed by atoms with E-state index < -0.39 is 21.8 Å². The van der Waals surface area contributed by atoms with E-state index in [0.717, 1.165) is 5.69 Å². The van der Waals surface area contributed by atoms with Crippen molar-refractivity contribution in [3.8, 4) is 22.3 Å². The first-order valence-corrected chi connectivity index (χ1v) is 16.4. The predicted octanol–water partition coefficient (Wildman–Crippen LogP) is 6.12. The molecule has 0 spiro atoms. The average Bonchev–Trinajstić information content (AvgIpc) is 3.30. The van der Waals surface area contributed by atoms with E-state index in [1.54, 1.807) is 3.27 Å². The molecule has 1 aromatic heterocycles. The van der Waals surface area contributed by atoms with E-state index in [9.17, 15) is 0 Å². The fourth-order valence-electron chi connectivity index (χ4n) is 4.43.